The first kappa shape index (κ1) is 26.1. The third-order valence-electron chi connectivity index (χ3n) is 8.38. The number of amides is 4. The molecule has 200 valence electrons. The molecule has 2 fully saturated rings. The van der Waals surface area contributed by atoms with Crippen LogP contribution in [0.4, 0.5) is 10.5 Å². The summed E-state index contributed by atoms with van der Waals surface area (Å²) in [4.78, 5) is 53.8. The average Bonchev–Trinajstić information content (AvgIpc) is 3.63. The molecule has 1 saturated heterocycles. The molecule has 1 saturated carbocycles. The van der Waals surface area contributed by atoms with Crippen molar-refractivity contribution in [3.63, 3.8) is 0 Å². The second kappa shape index (κ2) is 9.66. The fraction of sp³-hybridized carbons (Fsp3) is 0.467. The van der Waals surface area contributed by atoms with Crippen molar-refractivity contribution >= 4 is 29.3 Å². The van der Waals surface area contributed by atoms with Crippen molar-refractivity contribution < 1.29 is 19.2 Å². The van der Waals surface area contributed by atoms with Gasteiger partial charge in [-0.1, -0.05) is 43.3 Å². The molecule has 1 unspecified atom stereocenters. The number of imide groups is 1. The number of Topliss-reactive ketones (excluding diaryl/α,β-unsaturated/α-hetero) is 1. The van der Waals surface area contributed by atoms with Crippen LogP contribution < -0.4 is 16.4 Å². The largest absolute Gasteiger partial charge is 0.325 e. The van der Waals surface area contributed by atoms with E-state index in [4.69, 9.17) is 5.73 Å². The monoisotopic (exact) mass is 516 g/mol. The first-order valence-electron chi connectivity index (χ1n) is 13.4. The molecule has 2 aromatic carbocycles. The fourth-order valence-electron chi connectivity index (χ4n) is 5.85. The summed E-state index contributed by atoms with van der Waals surface area (Å²) in [5, 5.41) is 5.72. The molecule has 0 aromatic heterocycles. The highest BCUT2D eigenvalue weighted by Gasteiger charge is 2.56. The lowest BCUT2D eigenvalue weighted by Crippen LogP contribution is -2.45. The van der Waals surface area contributed by atoms with E-state index < -0.39 is 17.1 Å². The Kier molecular flexibility index (Phi) is 6.63. The third-order valence-corrected chi connectivity index (χ3v) is 8.38. The predicted octanol–water partition coefficient (Wildman–Crippen LogP) is 3.53. The van der Waals surface area contributed by atoms with E-state index in [2.05, 4.69) is 17.6 Å². The van der Waals surface area contributed by atoms with Crippen molar-refractivity contribution in [1.29, 1.82) is 0 Å². The van der Waals surface area contributed by atoms with Gasteiger partial charge in [-0.05, 0) is 86.6 Å². The molecule has 8 heteroatoms. The fourth-order valence-corrected chi connectivity index (χ4v) is 5.85. The van der Waals surface area contributed by atoms with E-state index in [-0.39, 0.29) is 36.0 Å². The van der Waals surface area contributed by atoms with Gasteiger partial charge in [0, 0.05) is 11.6 Å². The molecule has 1 aliphatic heterocycles. The number of nitrogens with two attached hydrogens (primary N) is 1. The van der Waals surface area contributed by atoms with Crippen LogP contribution in [0, 0.1) is 17.8 Å². The van der Waals surface area contributed by atoms with Crippen molar-refractivity contribution in [2.45, 2.75) is 64.0 Å². The summed E-state index contributed by atoms with van der Waals surface area (Å²) in [6.45, 7) is 5.15. The minimum atomic E-state index is -1.18. The van der Waals surface area contributed by atoms with Crippen LogP contribution in [0.15, 0.2) is 48.5 Å². The highest BCUT2D eigenvalue weighted by molar-refractivity contribution is 6.10. The number of benzene rings is 2. The van der Waals surface area contributed by atoms with E-state index in [1.807, 2.05) is 36.4 Å². The zero-order chi connectivity index (χ0) is 27.2. The molecular formula is C30H36N4O4. The molecule has 3 aliphatic rings. The van der Waals surface area contributed by atoms with Crippen LogP contribution >= 0.6 is 0 Å². The first-order valence-corrected chi connectivity index (χ1v) is 13.4. The van der Waals surface area contributed by atoms with E-state index in [0.717, 1.165) is 28.9 Å². The number of ketones is 1. The van der Waals surface area contributed by atoms with Gasteiger partial charge in [0.2, 0.25) is 5.91 Å². The second-order valence-electron chi connectivity index (χ2n) is 11.7. The Labute approximate surface area is 223 Å². The number of hydrogen-bond donors (Lipinski definition) is 3. The van der Waals surface area contributed by atoms with Gasteiger partial charge >= 0.3 is 6.03 Å². The summed E-state index contributed by atoms with van der Waals surface area (Å²) < 4.78 is 0. The molecule has 2 aliphatic carbocycles. The van der Waals surface area contributed by atoms with Crippen molar-refractivity contribution in [3.05, 3.63) is 65.2 Å². The third kappa shape index (κ3) is 4.85. The number of carbonyl (C=O) groups is 4. The summed E-state index contributed by atoms with van der Waals surface area (Å²) >= 11 is 0. The van der Waals surface area contributed by atoms with E-state index in [1.54, 1.807) is 26.0 Å². The Morgan fingerprint density at radius 2 is 1.87 bits per heavy atom. The lowest BCUT2D eigenvalue weighted by atomic mass is 9.81. The van der Waals surface area contributed by atoms with Crippen molar-refractivity contribution in [3.8, 4) is 0 Å². The van der Waals surface area contributed by atoms with Crippen LogP contribution in [0.3, 0.4) is 0 Å². The Morgan fingerprint density at radius 1 is 1.16 bits per heavy atom. The smallest absolute Gasteiger partial charge is 0.325 e. The van der Waals surface area contributed by atoms with Gasteiger partial charge in [0.05, 0.1) is 12.1 Å². The topological polar surface area (TPSA) is 122 Å². The quantitative estimate of drug-likeness (QED) is 0.440. The molecule has 4 amide bonds. The number of fused-ring (bicyclic) bond motifs is 2. The Morgan fingerprint density at radius 3 is 2.53 bits per heavy atom. The second-order valence-corrected chi connectivity index (χ2v) is 11.7. The number of nitrogens with zero attached hydrogens (tertiary/aromatic N) is 1. The summed E-state index contributed by atoms with van der Waals surface area (Å²) in [6.07, 6.45) is 3.81. The zero-order valence-corrected chi connectivity index (χ0v) is 22.3. The normalized spacial score (nSPS) is 22.3. The standard InChI is InChI=1S/C30H36N4O4/c1-18(20-9-10-20)23(15-19-7-5-4-6-8-19)25(35)17-34-27(37)30(33-28(34)38)14-13-21-16-22(11-12-24(21)30)32-26(36)29(2,3)31/h4-8,11-12,16,18,20,23H,9-10,13-15,17,31H2,1-3H3,(H,32,36)(H,33,38)/t18-,23?,30-/m0/s1. The van der Waals surface area contributed by atoms with Gasteiger partial charge < -0.3 is 16.4 Å². The maximum Gasteiger partial charge on any atom is 0.325 e. The molecule has 8 nitrogen and oxygen atoms in total. The van der Waals surface area contributed by atoms with Gasteiger partial charge in [-0.25, -0.2) is 4.79 Å². The Bertz CT molecular complexity index is 1280. The average molecular weight is 517 g/mol. The van der Waals surface area contributed by atoms with Gasteiger partial charge in [0.15, 0.2) is 5.78 Å². The van der Waals surface area contributed by atoms with Crippen molar-refractivity contribution in [1.82, 2.24) is 10.2 Å². The van der Waals surface area contributed by atoms with Gasteiger partial charge in [-0.3, -0.25) is 19.3 Å². The number of rotatable bonds is 9. The molecule has 38 heavy (non-hydrogen) atoms. The van der Waals surface area contributed by atoms with Crippen molar-refractivity contribution in [2.24, 2.45) is 23.5 Å². The molecule has 1 spiro atoms. The lowest BCUT2D eigenvalue weighted by Gasteiger charge is -2.26. The van der Waals surface area contributed by atoms with E-state index >= 15 is 0 Å². The summed E-state index contributed by atoms with van der Waals surface area (Å²) in [7, 11) is 0. The van der Waals surface area contributed by atoms with Crippen LogP contribution in [-0.4, -0.2) is 40.6 Å². The number of urea groups is 1. The van der Waals surface area contributed by atoms with Crippen LogP contribution in [0.25, 0.3) is 0 Å². The first-order chi connectivity index (χ1) is 18.0. The number of anilines is 1. The van der Waals surface area contributed by atoms with Gasteiger partial charge in [0.1, 0.15) is 5.54 Å². The lowest BCUT2D eigenvalue weighted by molar-refractivity contribution is -0.136. The summed E-state index contributed by atoms with van der Waals surface area (Å²) in [5.74, 6) is -0.317. The molecule has 1 heterocycles. The van der Waals surface area contributed by atoms with Crippen molar-refractivity contribution in [2.75, 3.05) is 11.9 Å². The molecular weight excluding hydrogens is 480 g/mol. The van der Waals surface area contributed by atoms with E-state index in [0.29, 0.717) is 36.4 Å². The molecule has 5 rings (SSSR count). The van der Waals surface area contributed by atoms with E-state index in [1.165, 1.54) is 0 Å². The molecule has 3 atom stereocenters. The van der Waals surface area contributed by atoms with Crippen LogP contribution in [0.5, 0.6) is 0 Å². The zero-order valence-electron chi connectivity index (χ0n) is 22.3. The van der Waals surface area contributed by atoms with Crippen LogP contribution in [0.1, 0.15) is 56.7 Å². The Hall–Kier alpha value is -3.52. The number of aryl methyl sites for hydroxylation is 1. The highest BCUT2D eigenvalue weighted by atomic mass is 16.2. The maximum atomic E-state index is 13.7. The summed E-state index contributed by atoms with van der Waals surface area (Å²) in [5.41, 5.74) is 6.94. The number of carbonyl (C=O) groups excluding carboxylic acids is 4. The molecule has 0 bridgehead atoms. The number of nitrogens with one attached hydrogen (secondary N) is 2. The van der Waals surface area contributed by atoms with Crippen LogP contribution in [-0.2, 0) is 32.8 Å². The van der Waals surface area contributed by atoms with E-state index in [9.17, 15) is 19.2 Å². The Balaban J connectivity index is 1.34. The van der Waals surface area contributed by atoms with Gasteiger partial charge in [-0.2, -0.15) is 0 Å². The van der Waals surface area contributed by atoms with Gasteiger partial charge in [-0.15, -0.1) is 0 Å². The molecule has 4 N–H and O–H groups in total. The maximum absolute atomic E-state index is 13.7. The predicted molar refractivity (Wildman–Crippen MR) is 144 cm³/mol. The molecule has 0 radical (unpaired) electrons. The van der Waals surface area contributed by atoms with Crippen LogP contribution in [0.2, 0.25) is 0 Å². The van der Waals surface area contributed by atoms with Gasteiger partial charge in [0.25, 0.3) is 5.91 Å². The summed E-state index contributed by atoms with van der Waals surface area (Å²) in [6, 6.07) is 14.7. The number of hydrogen-bond acceptors (Lipinski definition) is 5. The SMILES string of the molecule is C[C@@H](C1CC1)C(Cc1ccccc1)C(=O)CN1C(=O)N[C@]2(CCc3cc(NC(=O)C(C)(C)N)ccc32)C1=O. The minimum absolute atomic E-state index is 0.0746. The molecule has 2 aromatic rings. The highest BCUT2D eigenvalue weighted by Crippen LogP contribution is 2.44. The minimum Gasteiger partial charge on any atom is -0.325 e.